The minimum absolute atomic E-state index is 0.0522. The summed E-state index contributed by atoms with van der Waals surface area (Å²) < 4.78 is 33.4. The Morgan fingerprint density at radius 3 is 2.57 bits per heavy atom. The number of fused-ring (bicyclic) bond motifs is 1. The average Bonchev–Trinajstić information content (AvgIpc) is 2.73. The summed E-state index contributed by atoms with van der Waals surface area (Å²) in [6.45, 7) is 4.35. The molecule has 0 bridgehead atoms. The number of nitrogens with zero attached hydrogens (tertiary/aromatic N) is 1. The van der Waals surface area contributed by atoms with Crippen LogP contribution < -0.4 is 5.32 Å². The molecule has 6 nitrogen and oxygen atoms in total. The molecule has 30 heavy (non-hydrogen) atoms. The number of morpholine rings is 1. The smallest absolute Gasteiger partial charge is 0.251 e. The molecule has 0 aromatic heterocycles. The van der Waals surface area contributed by atoms with Crippen LogP contribution in [0.15, 0.2) is 53.4 Å². The highest BCUT2D eigenvalue weighted by molar-refractivity contribution is 7.89. The number of amides is 1. The number of carbonyl (C=O) groups is 1. The van der Waals surface area contributed by atoms with Crippen molar-refractivity contribution >= 4 is 15.9 Å². The van der Waals surface area contributed by atoms with E-state index >= 15 is 0 Å². The van der Waals surface area contributed by atoms with Gasteiger partial charge in [-0.1, -0.05) is 30.3 Å². The van der Waals surface area contributed by atoms with E-state index in [0.29, 0.717) is 18.7 Å². The third-order valence-electron chi connectivity index (χ3n) is 5.79. The van der Waals surface area contributed by atoms with Crippen molar-refractivity contribution in [1.82, 2.24) is 9.62 Å². The highest BCUT2D eigenvalue weighted by Crippen LogP contribution is 2.30. The zero-order chi connectivity index (χ0) is 21.3. The molecule has 0 radical (unpaired) electrons. The summed E-state index contributed by atoms with van der Waals surface area (Å²) in [5, 5.41) is 3.10. The molecule has 4 rings (SSSR count). The lowest BCUT2D eigenvalue weighted by Gasteiger charge is -2.34. The normalized spacial score (nSPS) is 24.8. The van der Waals surface area contributed by atoms with Gasteiger partial charge in [-0.15, -0.1) is 0 Å². The van der Waals surface area contributed by atoms with E-state index in [0.717, 1.165) is 24.8 Å². The predicted molar refractivity (Wildman–Crippen MR) is 115 cm³/mol. The number of aryl methyl sites for hydroxylation is 1. The zero-order valence-electron chi connectivity index (χ0n) is 17.4. The first-order valence-electron chi connectivity index (χ1n) is 10.5. The van der Waals surface area contributed by atoms with E-state index in [1.165, 1.54) is 15.9 Å². The molecule has 2 aromatic rings. The van der Waals surface area contributed by atoms with Gasteiger partial charge in [-0.05, 0) is 62.4 Å². The Morgan fingerprint density at radius 1 is 1.07 bits per heavy atom. The van der Waals surface area contributed by atoms with Crippen molar-refractivity contribution in [3.63, 3.8) is 0 Å². The van der Waals surface area contributed by atoms with E-state index in [1.54, 1.807) is 18.2 Å². The molecule has 0 spiro atoms. The molecular weight excluding hydrogens is 400 g/mol. The topological polar surface area (TPSA) is 75.7 Å². The van der Waals surface area contributed by atoms with Crippen molar-refractivity contribution in [1.29, 1.82) is 0 Å². The predicted octanol–water partition coefficient (Wildman–Crippen LogP) is 3.29. The molecule has 1 amide bonds. The number of sulfonamides is 1. The maximum Gasteiger partial charge on any atom is 0.251 e. The van der Waals surface area contributed by atoms with Gasteiger partial charge >= 0.3 is 0 Å². The zero-order valence-corrected chi connectivity index (χ0v) is 18.2. The minimum Gasteiger partial charge on any atom is -0.373 e. The van der Waals surface area contributed by atoms with Crippen LogP contribution in [0.5, 0.6) is 0 Å². The molecule has 2 aromatic carbocycles. The van der Waals surface area contributed by atoms with Crippen molar-refractivity contribution in [2.24, 2.45) is 0 Å². The van der Waals surface area contributed by atoms with Crippen LogP contribution in [0, 0.1) is 0 Å². The first-order chi connectivity index (χ1) is 14.3. The Balaban J connectivity index is 1.54. The van der Waals surface area contributed by atoms with Crippen LogP contribution in [0.4, 0.5) is 0 Å². The SMILES string of the molecule is CC1CN(S(=O)(=O)c2cccc(C(=O)NC3CCCc4ccccc43)c2)CC(C)O1. The summed E-state index contributed by atoms with van der Waals surface area (Å²) in [6.07, 6.45) is 2.59. The quantitative estimate of drug-likeness (QED) is 0.811. The summed E-state index contributed by atoms with van der Waals surface area (Å²) >= 11 is 0. The van der Waals surface area contributed by atoms with E-state index in [2.05, 4.69) is 17.4 Å². The second-order valence-corrected chi connectivity index (χ2v) is 10.2. The summed E-state index contributed by atoms with van der Waals surface area (Å²) in [5.41, 5.74) is 2.77. The molecule has 1 N–H and O–H groups in total. The van der Waals surface area contributed by atoms with Crippen LogP contribution in [-0.4, -0.2) is 43.9 Å². The largest absolute Gasteiger partial charge is 0.373 e. The molecule has 7 heteroatoms. The van der Waals surface area contributed by atoms with Crippen LogP contribution in [0.2, 0.25) is 0 Å². The summed E-state index contributed by atoms with van der Waals surface area (Å²) in [6, 6.07) is 14.4. The number of benzene rings is 2. The van der Waals surface area contributed by atoms with Crippen LogP contribution >= 0.6 is 0 Å². The molecule has 1 heterocycles. The second-order valence-electron chi connectivity index (χ2n) is 8.22. The van der Waals surface area contributed by atoms with Gasteiger partial charge in [0.05, 0.1) is 23.1 Å². The van der Waals surface area contributed by atoms with Crippen LogP contribution in [0.1, 0.15) is 54.2 Å². The lowest BCUT2D eigenvalue weighted by Crippen LogP contribution is -2.48. The Bertz CT molecular complexity index is 1030. The first kappa shape index (κ1) is 21.0. The molecule has 1 fully saturated rings. The summed E-state index contributed by atoms with van der Waals surface area (Å²) in [5.74, 6) is -0.252. The van der Waals surface area contributed by atoms with E-state index in [-0.39, 0.29) is 29.1 Å². The monoisotopic (exact) mass is 428 g/mol. The lowest BCUT2D eigenvalue weighted by atomic mass is 9.87. The fourth-order valence-electron chi connectivity index (χ4n) is 4.42. The number of hydrogen-bond donors (Lipinski definition) is 1. The Kier molecular flexibility index (Phi) is 5.95. The molecule has 3 unspecified atom stereocenters. The molecule has 0 saturated carbocycles. The maximum absolute atomic E-state index is 13.1. The van der Waals surface area contributed by atoms with E-state index < -0.39 is 10.0 Å². The van der Waals surface area contributed by atoms with Crippen molar-refractivity contribution < 1.29 is 17.9 Å². The molecule has 1 aliphatic carbocycles. The van der Waals surface area contributed by atoms with Crippen LogP contribution in [-0.2, 0) is 21.2 Å². The third-order valence-corrected chi connectivity index (χ3v) is 7.62. The number of ether oxygens (including phenoxy) is 1. The van der Waals surface area contributed by atoms with Crippen molar-refractivity contribution in [2.45, 2.75) is 56.3 Å². The number of nitrogens with one attached hydrogen (secondary N) is 1. The van der Waals surface area contributed by atoms with Gasteiger partial charge in [0.15, 0.2) is 0 Å². The van der Waals surface area contributed by atoms with Gasteiger partial charge in [0, 0.05) is 18.7 Å². The summed E-state index contributed by atoms with van der Waals surface area (Å²) in [4.78, 5) is 13.1. The number of hydrogen-bond acceptors (Lipinski definition) is 4. The highest BCUT2D eigenvalue weighted by Gasteiger charge is 2.32. The maximum atomic E-state index is 13.1. The third kappa shape index (κ3) is 4.29. The molecule has 2 aliphatic rings. The first-order valence-corrected chi connectivity index (χ1v) is 11.9. The van der Waals surface area contributed by atoms with Gasteiger partial charge in [0.1, 0.15) is 0 Å². The van der Waals surface area contributed by atoms with Gasteiger partial charge in [-0.2, -0.15) is 4.31 Å². The number of rotatable bonds is 4. The van der Waals surface area contributed by atoms with Gasteiger partial charge in [0.25, 0.3) is 5.91 Å². The van der Waals surface area contributed by atoms with Crippen LogP contribution in [0.25, 0.3) is 0 Å². The summed E-state index contributed by atoms with van der Waals surface area (Å²) in [7, 11) is -3.69. The van der Waals surface area contributed by atoms with Gasteiger partial charge < -0.3 is 10.1 Å². The van der Waals surface area contributed by atoms with Crippen molar-refractivity contribution in [3.05, 3.63) is 65.2 Å². The van der Waals surface area contributed by atoms with Gasteiger partial charge in [0.2, 0.25) is 10.0 Å². The average molecular weight is 429 g/mol. The Labute approximate surface area is 178 Å². The van der Waals surface area contributed by atoms with Gasteiger partial charge in [-0.25, -0.2) is 8.42 Å². The molecular formula is C23H28N2O4S. The molecule has 1 saturated heterocycles. The fraction of sp³-hybridized carbons (Fsp3) is 0.435. The molecule has 3 atom stereocenters. The van der Waals surface area contributed by atoms with Crippen molar-refractivity contribution in [3.8, 4) is 0 Å². The highest BCUT2D eigenvalue weighted by atomic mass is 32.2. The minimum atomic E-state index is -3.69. The standard InChI is InChI=1S/C23H28N2O4S/c1-16-14-25(15-17(2)29-16)30(27,28)20-10-5-9-19(13-20)23(26)24-22-12-6-8-18-7-3-4-11-21(18)22/h3-5,7,9-11,13,16-17,22H,6,8,12,14-15H2,1-2H3,(H,24,26). The van der Waals surface area contributed by atoms with E-state index in [9.17, 15) is 13.2 Å². The Morgan fingerprint density at radius 2 is 1.80 bits per heavy atom. The van der Waals surface area contributed by atoms with Crippen LogP contribution in [0.3, 0.4) is 0 Å². The fourth-order valence-corrected chi connectivity index (χ4v) is 6.06. The number of carbonyl (C=O) groups excluding carboxylic acids is 1. The molecule has 1 aliphatic heterocycles. The second kappa shape index (κ2) is 8.49. The van der Waals surface area contributed by atoms with E-state index in [4.69, 9.17) is 4.74 Å². The van der Waals surface area contributed by atoms with E-state index in [1.807, 2.05) is 26.0 Å². The molecule has 160 valence electrons. The van der Waals surface area contributed by atoms with Gasteiger partial charge in [-0.3, -0.25) is 4.79 Å². The lowest BCUT2D eigenvalue weighted by molar-refractivity contribution is -0.0440. The Hall–Kier alpha value is -2.22. The van der Waals surface area contributed by atoms with Crippen molar-refractivity contribution in [2.75, 3.05) is 13.1 Å².